The highest BCUT2D eigenvalue weighted by Gasteiger charge is 2.33. The first-order valence-electron chi connectivity index (χ1n) is 6.31. The lowest BCUT2D eigenvalue weighted by molar-refractivity contribution is -0.118. The maximum absolute atomic E-state index is 11.1. The van der Waals surface area contributed by atoms with Gasteiger partial charge in [0.15, 0.2) is 0 Å². The van der Waals surface area contributed by atoms with E-state index in [1.807, 2.05) is 0 Å². The van der Waals surface area contributed by atoms with Gasteiger partial charge in [0, 0.05) is 11.5 Å². The maximum Gasteiger partial charge on any atom is 0.126 e. The van der Waals surface area contributed by atoms with Gasteiger partial charge in [0.25, 0.3) is 0 Å². The molecule has 1 rings (SSSR count). The first-order chi connectivity index (χ1) is 7.12. The Kier molecular flexibility index (Phi) is 4.78. The highest BCUT2D eigenvalue weighted by molar-refractivity contribution is 5.59. The summed E-state index contributed by atoms with van der Waals surface area (Å²) in [5.41, 5.74) is 0.0222. The third-order valence-electron chi connectivity index (χ3n) is 3.87. The summed E-state index contributed by atoms with van der Waals surface area (Å²) in [5.74, 6) is 0.784. The van der Waals surface area contributed by atoms with E-state index < -0.39 is 0 Å². The fourth-order valence-electron chi connectivity index (χ4n) is 2.41. The van der Waals surface area contributed by atoms with Crippen LogP contribution >= 0.6 is 0 Å². The van der Waals surface area contributed by atoms with Gasteiger partial charge in [0.1, 0.15) is 6.29 Å². The fraction of sp³-hybridized carbons (Fsp3) is 0.923. The third-order valence-corrected chi connectivity index (χ3v) is 3.87. The molecule has 0 amide bonds. The number of hydrogen-bond acceptors (Lipinski definition) is 2. The molecule has 2 heteroatoms. The molecule has 0 saturated heterocycles. The fourth-order valence-corrected chi connectivity index (χ4v) is 2.41. The van der Waals surface area contributed by atoms with E-state index in [1.54, 1.807) is 0 Å². The molecule has 1 aliphatic carbocycles. The number of carbonyl (C=O) groups is 1. The predicted molar refractivity (Wildman–Crippen MR) is 63.9 cm³/mol. The molecule has 0 spiro atoms. The van der Waals surface area contributed by atoms with E-state index in [2.05, 4.69) is 26.1 Å². The largest absolute Gasteiger partial charge is 0.314 e. The van der Waals surface area contributed by atoms with Crippen LogP contribution in [0.5, 0.6) is 0 Å². The molecule has 0 bridgehead atoms. The van der Waals surface area contributed by atoms with E-state index >= 15 is 0 Å². The molecule has 1 N–H and O–H groups in total. The zero-order chi connectivity index (χ0) is 11.3. The van der Waals surface area contributed by atoms with Crippen LogP contribution in [0.1, 0.15) is 52.9 Å². The molecule has 0 aromatic heterocycles. The number of nitrogens with one attached hydrogen (secondary N) is 1. The van der Waals surface area contributed by atoms with Crippen LogP contribution in [0.3, 0.4) is 0 Å². The molecular formula is C13H25NO. The average molecular weight is 211 g/mol. The van der Waals surface area contributed by atoms with Gasteiger partial charge in [-0.1, -0.05) is 20.8 Å². The monoisotopic (exact) mass is 211 g/mol. The van der Waals surface area contributed by atoms with Crippen molar-refractivity contribution in [1.29, 1.82) is 0 Å². The smallest absolute Gasteiger partial charge is 0.126 e. The summed E-state index contributed by atoms with van der Waals surface area (Å²) in [6, 6.07) is 0.578. The van der Waals surface area contributed by atoms with E-state index in [-0.39, 0.29) is 5.41 Å². The molecule has 1 aliphatic rings. The van der Waals surface area contributed by atoms with Crippen molar-refractivity contribution in [2.45, 2.75) is 58.9 Å². The van der Waals surface area contributed by atoms with Gasteiger partial charge in [-0.15, -0.1) is 0 Å². The standard InChI is InChI=1S/C13H25NO/c1-4-13(10-15)7-5-12(6-8-13)9-14-11(2)3/h10-12,14H,4-9H2,1-3H3. The second-order valence-corrected chi connectivity index (χ2v) is 5.34. The van der Waals surface area contributed by atoms with Crippen LogP contribution in [0.4, 0.5) is 0 Å². The van der Waals surface area contributed by atoms with Crippen LogP contribution in [0.15, 0.2) is 0 Å². The first kappa shape index (κ1) is 12.7. The van der Waals surface area contributed by atoms with Crippen molar-refractivity contribution in [3.8, 4) is 0 Å². The quantitative estimate of drug-likeness (QED) is 0.708. The van der Waals surface area contributed by atoms with Crippen molar-refractivity contribution in [2.24, 2.45) is 11.3 Å². The number of rotatable bonds is 5. The van der Waals surface area contributed by atoms with Crippen LogP contribution < -0.4 is 5.32 Å². The van der Waals surface area contributed by atoms with Crippen molar-refractivity contribution < 1.29 is 4.79 Å². The Labute approximate surface area is 93.8 Å². The molecular weight excluding hydrogens is 186 g/mol. The third kappa shape index (κ3) is 3.60. The van der Waals surface area contributed by atoms with E-state index in [0.717, 1.165) is 31.7 Å². The summed E-state index contributed by atoms with van der Waals surface area (Å²) in [6.45, 7) is 7.63. The highest BCUT2D eigenvalue weighted by Crippen LogP contribution is 2.39. The Balaban J connectivity index is 2.32. The Morgan fingerprint density at radius 3 is 2.40 bits per heavy atom. The number of carbonyl (C=O) groups excluding carboxylic acids is 1. The Morgan fingerprint density at radius 1 is 1.40 bits per heavy atom. The Morgan fingerprint density at radius 2 is 2.00 bits per heavy atom. The molecule has 1 saturated carbocycles. The van der Waals surface area contributed by atoms with Gasteiger partial charge in [-0.2, -0.15) is 0 Å². The molecule has 88 valence electrons. The Hall–Kier alpha value is -0.370. The van der Waals surface area contributed by atoms with Crippen molar-refractivity contribution in [1.82, 2.24) is 5.32 Å². The van der Waals surface area contributed by atoms with Crippen molar-refractivity contribution in [3.63, 3.8) is 0 Å². The molecule has 0 unspecified atom stereocenters. The van der Waals surface area contributed by atoms with Crippen molar-refractivity contribution in [2.75, 3.05) is 6.54 Å². The van der Waals surface area contributed by atoms with Crippen LogP contribution in [0.2, 0.25) is 0 Å². The van der Waals surface area contributed by atoms with Crippen LogP contribution in [-0.4, -0.2) is 18.9 Å². The molecule has 15 heavy (non-hydrogen) atoms. The lowest BCUT2D eigenvalue weighted by atomic mass is 9.70. The van der Waals surface area contributed by atoms with Crippen LogP contribution in [-0.2, 0) is 4.79 Å². The minimum absolute atomic E-state index is 0.0222. The van der Waals surface area contributed by atoms with Crippen molar-refractivity contribution >= 4 is 6.29 Å². The number of hydrogen-bond donors (Lipinski definition) is 1. The molecule has 1 fully saturated rings. The average Bonchev–Trinajstić information content (AvgIpc) is 2.27. The van der Waals surface area contributed by atoms with E-state index in [1.165, 1.54) is 19.1 Å². The summed E-state index contributed by atoms with van der Waals surface area (Å²) in [5, 5.41) is 3.49. The zero-order valence-electron chi connectivity index (χ0n) is 10.4. The van der Waals surface area contributed by atoms with Gasteiger partial charge < -0.3 is 10.1 Å². The molecule has 0 heterocycles. The van der Waals surface area contributed by atoms with Gasteiger partial charge in [0.05, 0.1) is 0 Å². The maximum atomic E-state index is 11.1. The summed E-state index contributed by atoms with van der Waals surface area (Å²) in [7, 11) is 0. The van der Waals surface area contributed by atoms with Gasteiger partial charge in [-0.05, 0) is 44.6 Å². The van der Waals surface area contributed by atoms with E-state index in [0.29, 0.717) is 6.04 Å². The second kappa shape index (κ2) is 5.64. The van der Waals surface area contributed by atoms with Crippen LogP contribution in [0, 0.1) is 11.3 Å². The topological polar surface area (TPSA) is 29.1 Å². The molecule has 2 nitrogen and oxygen atoms in total. The van der Waals surface area contributed by atoms with Crippen molar-refractivity contribution in [3.05, 3.63) is 0 Å². The number of aldehydes is 1. The molecule has 0 aliphatic heterocycles. The lowest BCUT2D eigenvalue weighted by Gasteiger charge is -2.35. The summed E-state index contributed by atoms with van der Waals surface area (Å²) >= 11 is 0. The molecule has 0 aromatic carbocycles. The lowest BCUT2D eigenvalue weighted by Crippen LogP contribution is -2.34. The molecule has 0 aromatic rings. The first-order valence-corrected chi connectivity index (χ1v) is 6.31. The Bertz CT molecular complexity index is 193. The summed E-state index contributed by atoms with van der Waals surface area (Å²) in [6.07, 6.45) is 6.84. The van der Waals surface area contributed by atoms with Crippen LogP contribution in [0.25, 0.3) is 0 Å². The minimum atomic E-state index is 0.0222. The van der Waals surface area contributed by atoms with Gasteiger partial charge in [0.2, 0.25) is 0 Å². The van der Waals surface area contributed by atoms with Gasteiger partial charge >= 0.3 is 0 Å². The van der Waals surface area contributed by atoms with Gasteiger partial charge in [-0.25, -0.2) is 0 Å². The molecule has 0 atom stereocenters. The highest BCUT2D eigenvalue weighted by atomic mass is 16.1. The van der Waals surface area contributed by atoms with E-state index in [4.69, 9.17) is 0 Å². The molecule has 0 radical (unpaired) electrons. The SMILES string of the molecule is CCC1(C=O)CCC(CNC(C)C)CC1. The minimum Gasteiger partial charge on any atom is -0.314 e. The summed E-state index contributed by atoms with van der Waals surface area (Å²) in [4.78, 5) is 11.1. The zero-order valence-corrected chi connectivity index (χ0v) is 10.4. The van der Waals surface area contributed by atoms with Gasteiger partial charge in [-0.3, -0.25) is 0 Å². The van der Waals surface area contributed by atoms with E-state index in [9.17, 15) is 4.79 Å². The second-order valence-electron chi connectivity index (χ2n) is 5.34. The predicted octanol–water partition coefficient (Wildman–Crippen LogP) is 2.77. The normalized spacial score (nSPS) is 31.9. The summed E-state index contributed by atoms with van der Waals surface area (Å²) < 4.78 is 0.